The lowest BCUT2D eigenvalue weighted by Gasteiger charge is -2.11. The Morgan fingerprint density at radius 3 is 2.53 bits per heavy atom. The molecule has 0 spiro atoms. The van der Waals surface area contributed by atoms with Gasteiger partial charge in [-0.2, -0.15) is 10.1 Å². The van der Waals surface area contributed by atoms with E-state index in [0.29, 0.717) is 23.3 Å². The average molecular weight is 410 g/mol. The van der Waals surface area contributed by atoms with Crippen molar-refractivity contribution in [2.75, 3.05) is 0 Å². The number of carbonyl (C=O) groups excluding carboxylic acids is 1. The highest BCUT2D eigenvalue weighted by Gasteiger charge is 2.37. The molecule has 0 aromatic carbocycles. The summed E-state index contributed by atoms with van der Waals surface area (Å²) in [5.74, 6) is -3.96. The summed E-state index contributed by atoms with van der Waals surface area (Å²) in [6.07, 6.45) is 6.10. The van der Waals surface area contributed by atoms with Crippen molar-refractivity contribution in [2.24, 2.45) is 10.8 Å². The number of nitrogens with two attached hydrogens (primary N) is 1. The molecule has 2 aromatic rings. The van der Waals surface area contributed by atoms with E-state index in [-0.39, 0.29) is 17.0 Å². The van der Waals surface area contributed by atoms with E-state index in [0.717, 1.165) is 16.8 Å². The lowest BCUT2D eigenvalue weighted by Crippen LogP contribution is -2.27. The monoisotopic (exact) mass is 410 g/mol. The molecule has 0 bridgehead atoms. The molecule has 2 aromatic heterocycles. The first-order chi connectivity index (χ1) is 14.2. The van der Waals surface area contributed by atoms with Crippen molar-refractivity contribution in [1.82, 2.24) is 20.0 Å². The van der Waals surface area contributed by atoms with Gasteiger partial charge < -0.3 is 20.9 Å². The predicted octanol–water partition coefficient (Wildman–Crippen LogP) is 0.563. The third-order valence-electron chi connectivity index (χ3n) is 4.52. The van der Waals surface area contributed by atoms with Gasteiger partial charge in [0.15, 0.2) is 5.70 Å². The van der Waals surface area contributed by atoms with Crippen LogP contribution in [-0.4, -0.2) is 53.7 Å². The molecule has 154 valence electrons. The van der Waals surface area contributed by atoms with E-state index in [2.05, 4.69) is 20.1 Å². The Bertz CT molecular complexity index is 1130. The minimum atomic E-state index is -1.62. The van der Waals surface area contributed by atoms with Crippen molar-refractivity contribution < 1.29 is 24.6 Å². The molecule has 0 unspecified atom stereocenters. The standard InChI is InChI=1S/C19H18N6O5/c1-9-12(7-20)10(2)23-13(9)5-11-17(14-8-21-3-4-22-14)24-25(18(11)28)15(19(29)30)6-16(26)27/h3-6,8,23H,7,20H2,1-2H3,(H,26,27)(H,29,30)/b11-5?,15-6+. The zero-order valence-electron chi connectivity index (χ0n) is 16.1. The van der Waals surface area contributed by atoms with E-state index in [1.165, 1.54) is 24.7 Å². The van der Waals surface area contributed by atoms with E-state index < -0.39 is 23.5 Å². The van der Waals surface area contributed by atoms with E-state index in [9.17, 15) is 19.5 Å². The maximum absolute atomic E-state index is 13.1. The maximum Gasteiger partial charge on any atom is 0.354 e. The number of aromatic amines is 1. The summed E-state index contributed by atoms with van der Waals surface area (Å²) in [7, 11) is 0. The van der Waals surface area contributed by atoms with Crippen molar-refractivity contribution in [3.05, 3.63) is 64.1 Å². The Kier molecular flexibility index (Phi) is 5.56. The predicted molar refractivity (Wildman–Crippen MR) is 105 cm³/mol. The molecule has 1 amide bonds. The van der Waals surface area contributed by atoms with Gasteiger partial charge in [0, 0.05) is 30.3 Å². The summed E-state index contributed by atoms with van der Waals surface area (Å²) >= 11 is 0. The van der Waals surface area contributed by atoms with Crippen LogP contribution in [0.15, 0.2) is 41.0 Å². The van der Waals surface area contributed by atoms with Crippen LogP contribution in [0, 0.1) is 13.8 Å². The SMILES string of the molecule is Cc1[nH]c(C=C2C(=O)N(/C(=C/C(=O)O)C(=O)O)N=C2c2cnccn2)c(C)c1CN. The van der Waals surface area contributed by atoms with E-state index in [1.54, 1.807) is 0 Å². The zero-order valence-corrected chi connectivity index (χ0v) is 16.1. The fourth-order valence-electron chi connectivity index (χ4n) is 3.06. The summed E-state index contributed by atoms with van der Waals surface area (Å²) in [5.41, 5.74) is 8.42. The Balaban J connectivity index is 2.19. The van der Waals surface area contributed by atoms with Crippen LogP contribution in [0.4, 0.5) is 0 Å². The van der Waals surface area contributed by atoms with Gasteiger partial charge in [0.05, 0.1) is 17.8 Å². The number of carboxylic acids is 2. The van der Waals surface area contributed by atoms with Gasteiger partial charge >= 0.3 is 11.9 Å². The van der Waals surface area contributed by atoms with Crippen LogP contribution in [0.3, 0.4) is 0 Å². The fraction of sp³-hybridized carbons (Fsp3) is 0.158. The second-order valence-electron chi connectivity index (χ2n) is 6.36. The van der Waals surface area contributed by atoms with Crippen LogP contribution in [0.2, 0.25) is 0 Å². The first kappa shape index (κ1) is 20.6. The molecule has 3 heterocycles. The molecule has 5 N–H and O–H groups in total. The number of H-pyrrole nitrogens is 1. The summed E-state index contributed by atoms with van der Waals surface area (Å²) in [6, 6.07) is 0. The molecule has 11 heteroatoms. The fourth-order valence-corrected chi connectivity index (χ4v) is 3.06. The molecule has 0 aliphatic carbocycles. The number of carbonyl (C=O) groups is 3. The molecule has 0 atom stereocenters. The lowest BCUT2D eigenvalue weighted by atomic mass is 10.0. The van der Waals surface area contributed by atoms with Crippen molar-refractivity contribution in [3.63, 3.8) is 0 Å². The largest absolute Gasteiger partial charge is 0.478 e. The highest BCUT2D eigenvalue weighted by molar-refractivity contribution is 6.33. The number of hydrogen-bond acceptors (Lipinski definition) is 7. The minimum absolute atomic E-state index is 0.0287. The number of aliphatic carboxylic acids is 2. The van der Waals surface area contributed by atoms with Gasteiger partial charge in [-0.25, -0.2) is 9.59 Å². The molecule has 0 saturated carbocycles. The topological polar surface area (TPSA) is 175 Å². The first-order valence-corrected chi connectivity index (χ1v) is 8.72. The molecule has 0 fully saturated rings. The van der Waals surface area contributed by atoms with Crippen LogP contribution in [0.5, 0.6) is 0 Å². The molecule has 3 rings (SSSR count). The molecule has 1 aliphatic rings. The minimum Gasteiger partial charge on any atom is -0.478 e. The van der Waals surface area contributed by atoms with Crippen LogP contribution < -0.4 is 5.73 Å². The lowest BCUT2D eigenvalue weighted by molar-refractivity contribution is -0.139. The Hall–Kier alpha value is -4.12. The number of amides is 1. The third-order valence-corrected chi connectivity index (χ3v) is 4.52. The van der Waals surface area contributed by atoms with Gasteiger partial charge in [0.25, 0.3) is 5.91 Å². The molecule has 11 nitrogen and oxygen atoms in total. The van der Waals surface area contributed by atoms with Gasteiger partial charge in [-0.05, 0) is 31.1 Å². The van der Waals surface area contributed by atoms with Gasteiger partial charge in [0.1, 0.15) is 11.4 Å². The molecular formula is C19H18N6O5. The third kappa shape index (κ3) is 3.73. The first-order valence-electron chi connectivity index (χ1n) is 8.72. The highest BCUT2D eigenvalue weighted by Crippen LogP contribution is 2.27. The second kappa shape index (κ2) is 8.09. The highest BCUT2D eigenvalue weighted by atomic mass is 16.4. The number of carboxylic acid groups (broad SMARTS) is 2. The number of rotatable bonds is 6. The normalized spacial score (nSPS) is 15.6. The molecule has 30 heavy (non-hydrogen) atoms. The van der Waals surface area contributed by atoms with Gasteiger partial charge in [-0.1, -0.05) is 0 Å². The number of nitrogens with zero attached hydrogens (tertiary/aromatic N) is 4. The summed E-state index contributed by atoms with van der Waals surface area (Å²) in [5, 5.41) is 22.9. The Morgan fingerprint density at radius 2 is 2.00 bits per heavy atom. The maximum atomic E-state index is 13.1. The van der Waals surface area contributed by atoms with Crippen molar-refractivity contribution in [1.29, 1.82) is 0 Å². The van der Waals surface area contributed by atoms with Gasteiger partial charge in [0.2, 0.25) is 0 Å². The van der Waals surface area contributed by atoms with Crippen molar-refractivity contribution >= 4 is 29.6 Å². The van der Waals surface area contributed by atoms with Gasteiger partial charge in [-0.15, -0.1) is 0 Å². The zero-order chi connectivity index (χ0) is 22.0. The molecule has 0 radical (unpaired) electrons. The van der Waals surface area contributed by atoms with E-state index >= 15 is 0 Å². The smallest absolute Gasteiger partial charge is 0.354 e. The number of nitrogens with one attached hydrogen (secondary N) is 1. The Labute approximate surface area is 170 Å². The molecular weight excluding hydrogens is 392 g/mol. The quantitative estimate of drug-likeness (QED) is 0.500. The second-order valence-corrected chi connectivity index (χ2v) is 6.36. The Morgan fingerprint density at radius 1 is 1.27 bits per heavy atom. The number of aryl methyl sites for hydroxylation is 1. The van der Waals surface area contributed by atoms with Crippen LogP contribution >= 0.6 is 0 Å². The summed E-state index contributed by atoms with van der Waals surface area (Å²) in [4.78, 5) is 46.9. The van der Waals surface area contributed by atoms with Crippen LogP contribution in [0.1, 0.15) is 28.2 Å². The number of aromatic nitrogens is 3. The van der Waals surface area contributed by atoms with Crippen molar-refractivity contribution in [2.45, 2.75) is 20.4 Å². The number of hydrogen-bond donors (Lipinski definition) is 4. The van der Waals surface area contributed by atoms with Crippen molar-refractivity contribution in [3.8, 4) is 0 Å². The van der Waals surface area contributed by atoms with Gasteiger partial charge in [-0.3, -0.25) is 14.8 Å². The average Bonchev–Trinajstić information content (AvgIpc) is 3.16. The van der Waals surface area contributed by atoms with Crippen LogP contribution in [-0.2, 0) is 20.9 Å². The number of hydrazone groups is 1. The molecule has 0 saturated heterocycles. The summed E-state index contributed by atoms with van der Waals surface area (Å²) in [6.45, 7) is 3.98. The molecule has 1 aliphatic heterocycles. The van der Waals surface area contributed by atoms with Crippen LogP contribution in [0.25, 0.3) is 6.08 Å². The summed E-state index contributed by atoms with van der Waals surface area (Å²) < 4.78 is 0. The van der Waals surface area contributed by atoms with E-state index in [4.69, 9.17) is 10.8 Å². The van der Waals surface area contributed by atoms with E-state index in [1.807, 2.05) is 13.8 Å².